The largest absolute Gasteiger partial charge is 0.495 e. The fraction of sp³-hybridized carbons (Fsp3) is 0.381. The summed E-state index contributed by atoms with van der Waals surface area (Å²) in [6, 6.07) is 12.9. The average molecular weight is 356 g/mol. The van der Waals surface area contributed by atoms with Crippen LogP contribution in [0.1, 0.15) is 33.3 Å². The van der Waals surface area contributed by atoms with E-state index in [4.69, 9.17) is 15.2 Å². The van der Waals surface area contributed by atoms with E-state index < -0.39 is 5.41 Å². The Balaban J connectivity index is 2.10. The van der Waals surface area contributed by atoms with Crippen LogP contribution in [0.4, 0.5) is 11.4 Å². The van der Waals surface area contributed by atoms with Gasteiger partial charge in [-0.1, -0.05) is 26.0 Å². The molecule has 0 saturated carbocycles. The van der Waals surface area contributed by atoms with Crippen LogP contribution in [0.25, 0.3) is 0 Å². The molecule has 0 aliphatic heterocycles. The molecule has 26 heavy (non-hydrogen) atoms. The van der Waals surface area contributed by atoms with Crippen molar-refractivity contribution in [2.45, 2.75) is 33.1 Å². The molecule has 0 aliphatic rings. The standard InChI is InChI=1S/C21H28N2O3/c1-14(2)13-26-17-9-6-15(7-10-17)21(3,4)20(24)23-16-8-11-19(25-5)18(22)12-16/h6-12,14H,13,22H2,1-5H3,(H,23,24). The Hall–Kier alpha value is -2.69. The van der Waals surface area contributed by atoms with Gasteiger partial charge in [0.05, 0.1) is 24.8 Å². The molecule has 3 N–H and O–H groups in total. The number of nitrogens with two attached hydrogens (primary N) is 1. The van der Waals surface area contributed by atoms with E-state index in [9.17, 15) is 4.79 Å². The Morgan fingerprint density at radius 2 is 1.81 bits per heavy atom. The number of benzene rings is 2. The zero-order valence-electron chi connectivity index (χ0n) is 16.1. The fourth-order valence-corrected chi connectivity index (χ4v) is 2.46. The van der Waals surface area contributed by atoms with E-state index >= 15 is 0 Å². The number of hydrogen-bond donors (Lipinski definition) is 2. The zero-order valence-corrected chi connectivity index (χ0v) is 16.1. The van der Waals surface area contributed by atoms with Crippen molar-refractivity contribution in [2.24, 2.45) is 5.92 Å². The number of ether oxygens (including phenoxy) is 2. The number of methoxy groups -OCH3 is 1. The van der Waals surface area contributed by atoms with Gasteiger partial charge in [0.25, 0.3) is 0 Å². The van der Waals surface area contributed by atoms with Crippen molar-refractivity contribution in [3.05, 3.63) is 48.0 Å². The summed E-state index contributed by atoms with van der Waals surface area (Å²) in [5.41, 5.74) is 7.23. The molecule has 1 amide bonds. The normalized spacial score (nSPS) is 11.3. The van der Waals surface area contributed by atoms with E-state index in [-0.39, 0.29) is 5.91 Å². The van der Waals surface area contributed by atoms with Crippen LogP contribution in [0.15, 0.2) is 42.5 Å². The van der Waals surface area contributed by atoms with Crippen molar-refractivity contribution >= 4 is 17.3 Å². The highest BCUT2D eigenvalue weighted by molar-refractivity contribution is 5.99. The predicted molar refractivity (Wildman–Crippen MR) is 106 cm³/mol. The van der Waals surface area contributed by atoms with Gasteiger partial charge < -0.3 is 20.5 Å². The van der Waals surface area contributed by atoms with Gasteiger partial charge >= 0.3 is 0 Å². The maximum absolute atomic E-state index is 12.8. The lowest BCUT2D eigenvalue weighted by molar-refractivity contribution is -0.120. The van der Waals surface area contributed by atoms with Crippen LogP contribution < -0.4 is 20.5 Å². The molecule has 0 spiro atoms. The third-order valence-electron chi connectivity index (χ3n) is 4.21. The predicted octanol–water partition coefficient (Wildman–Crippen LogP) is 4.23. The molecule has 0 fully saturated rings. The van der Waals surface area contributed by atoms with Crippen LogP contribution in [-0.2, 0) is 10.2 Å². The third-order valence-corrected chi connectivity index (χ3v) is 4.21. The number of nitrogens with one attached hydrogen (secondary N) is 1. The lowest BCUT2D eigenvalue weighted by Crippen LogP contribution is -2.34. The van der Waals surface area contributed by atoms with Crippen molar-refractivity contribution in [1.82, 2.24) is 0 Å². The second-order valence-electron chi connectivity index (χ2n) is 7.27. The molecule has 2 rings (SSSR count). The number of rotatable bonds is 7. The molecule has 0 heterocycles. The molecule has 0 unspecified atom stereocenters. The van der Waals surface area contributed by atoms with Crippen LogP contribution in [0.3, 0.4) is 0 Å². The maximum Gasteiger partial charge on any atom is 0.234 e. The van der Waals surface area contributed by atoms with Gasteiger partial charge in [-0.05, 0) is 55.7 Å². The number of carbonyl (C=O) groups excluding carboxylic acids is 1. The Labute approximate surface area is 155 Å². The molecular formula is C21H28N2O3. The van der Waals surface area contributed by atoms with Crippen LogP contribution >= 0.6 is 0 Å². The fourth-order valence-electron chi connectivity index (χ4n) is 2.46. The number of nitrogen functional groups attached to an aromatic ring is 1. The monoisotopic (exact) mass is 356 g/mol. The lowest BCUT2D eigenvalue weighted by Gasteiger charge is -2.24. The van der Waals surface area contributed by atoms with Crippen LogP contribution in [0.5, 0.6) is 11.5 Å². The maximum atomic E-state index is 12.8. The number of hydrogen-bond acceptors (Lipinski definition) is 4. The van der Waals surface area contributed by atoms with Gasteiger partial charge in [-0.25, -0.2) is 0 Å². The minimum atomic E-state index is -0.703. The topological polar surface area (TPSA) is 73.6 Å². The minimum absolute atomic E-state index is 0.113. The molecule has 140 valence electrons. The summed E-state index contributed by atoms with van der Waals surface area (Å²) in [5, 5.41) is 2.92. The highest BCUT2D eigenvalue weighted by atomic mass is 16.5. The summed E-state index contributed by atoms with van der Waals surface area (Å²) in [7, 11) is 1.56. The first-order valence-electron chi connectivity index (χ1n) is 8.72. The summed E-state index contributed by atoms with van der Waals surface area (Å²) in [6.07, 6.45) is 0. The highest BCUT2D eigenvalue weighted by Gasteiger charge is 2.30. The molecule has 0 aliphatic carbocycles. The van der Waals surface area contributed by atoms with Crippen LogP contribution in [0.2, 0.25) is 0 Å². The molecule has 2 aromatic carbocycles. The highest BCUT2D eigenvalue weighted by Crippen LogP contribution is 2.29. The molecular weight excluding hydrogens is 328 g/mol. The smallest absolute Gasteiger partial charge is 0.234 e. The van der Waals surface area contributed by atoms with Crippen molar-refractivity contribution < 1.29 is 14.3 Å². The molecule has 0 saturated heterocycles. The molecule has 0 aromatic heterocycles. The first kappa shape index (κ1) is 19.6. The van der Waals surface area contributed by atoms with Gasteiger partial charge in [0.2, 0.25) is 5.91 Å². The lowest BCUT2D eigenvalue weighted by atomic mass is 9.83. The first-order valence-corrected chi connectivity index (χ1v) is 8.72. The summed E-state index contributed by atoms with van der Waals surface area (Å²) >= 11 is 0. The molecule has 5 heteroatoms. The number of amides is 1. The van der Waals surface area contributed by atoms with Crippen molar-refractivity contribution in [1.29, 1.82) is 0 Å². The van der Waals surface area contributed by atoms with Gasteiger partial charge in [-0.15, -0.1) is 0 Å². The van der Waals surface area contributed by atoms with E-state index in [1.54, 1.807) is 25.3 Å². The van der Waals surface area contributed by atoms with Crippen molar-refractivity contribution in [2.75, 3.05) is 24.8 Å². The Morgan fingerprint density at radius 3 is 2.35 bits per heavy atom. The molecule has 5 nitrogen and oxygen atoms in total. The molecule has 2 aromatic rings. The van der Waals surface area contributed by atoms with E-state index in [0.29, 0.717) is 29.6 Å². The van der Waals surface area contributed by atoms with Gasteiger partial charge in [0.1, 0.15) is 11.5 Å². The Morgan fingerprint density at radius 1 is 1.15 bits per heavy atom. The third kappa shape index (κ3) is 4.69. The zero-order chi connectivity index (χ0) is 19.3. The second kappa shape index (κ2) is 8.13. The number of carbonyl (C=O) groups is 1. The Kier molecular flexibility index (Phi) is 6.14. The SMILES string of the molecule is COc1ccc(NC(=O)C(C)(C)c2ccc(OCC(C)C)cc2)cc1N. The Bertz CT molecular complexity index is 752. The van der Waals surface area contributed by atoms with E-state index in [2.05, 4.69) is 19.2 Å². The number of anilines is 2. The van der Waals surface area contributed by atoms with Crippen molar-refractivity contribution in [3.63, 3.8) is 0 Å². The second-order valence-corrected chi connectivity index (χ2v) is 7.27. The van der Waals surface area contributed by atoms with Gasteiger partial charge in [0, 0.05) is 5.69 Å². The molecule has 0 atom stereocenters. The van der Waals surface area contributed by atoms with E-state index in [1.165, 1.54) is 0 Å². The average Bonchev–Trinajstić information content (AvgIpc) is 2.60. The molecule has 0 radical (unpaired) electrons. The summed E-state index contributed by atoms with van der Waals surface area (Å²) in [5.74, 6) is 1.74. The van der Waals surface area contributed by atoms with Gasteiger partial charge in [0.15, 0.2) is 0 Å². The van der Waals surface area contributed by atoms with Crippen LogP contribution in [0, 0.1) is 5.92 Å². The minimum Gasteiger partial charge on any atom is -0.495 e. The van der Waals surface area contributed by atoms with E-state index in [0.717, 1.165) is 11.3 Å². The van der Waals surface area contributed by atoms with E-state index in [1.807, 2.05) is 38.1 Å². The summed E-state index contributed by atoms with van der Waals surface area (Å²) < 4.78 is 10.8. The van der Waals surface area contributed by atoms with Gasteiger partial charge in [-0.3, -0.25) is 4.79 Å². The van der Waals surface area contributed by atoms with Gasteiger partial charge in [-0.2, -0.15) is 0 Å². The molecule has 0 bridgehead atoms. The summed E-state index contributed by atoms with van der Waals surface area (Å²) in [6.45, 7) is 8.65. The summed E-state index contributed by atoms with van der Waals surface area (Å²) in [4.78, 5) is 12.8. The van der Waals surface area contributed by atoms with Crippen LogP contribution in [-0.4, -0.2) is 19.6 Å². The quantitative estimate of drug-likeness (QED) is 0.728. The first-order chi connectivity index (χ1) is 12.2. The van der Waals surface area contributed by atoms with Crippen molar-refractivity contribution in [3.8, 4) is 11.5 Å².